The van der Waals surface area contributed by atoms with Crippen LogP contribution in [0.3, 0.4) is 0 Å². The second-order valence-corrected chi connectivity index (χ2v) is 10.0. The van der Waals surface area contributed by atoms with E-state index in [9.17, 15) is 36.2 Å². The van der Waals surface area contributed by atoms with Gasteiger partial charge in [0.15, 0.2) is 0 Å². The van der Waals surface area contributed by atoms with Crippen molar-refractivity contribution in [3.63, 3.8) is 0 Å². The first kappa shape index (κ1) is 29.4. The number of halogens is 6. The van der Waals surface area contributed by atoms with Gasteiger partial charge in [-0.1, -0.05) is 6.92 Å². The van der Waals surface area contributed by atoms with Crippen LogP contribution in [0.4, 0.5) is 26.3 Å². The van der Waals surface area contributed by atoms with Gasteiger partial charge in [0.25, 0.3) is 0 Å². The zero-order chi connectivity index (χ0) is 26.7. The number of aliphatic hydroxyl groups is 1. The van der Waals surface area contributed by atoms with E-state index in [0.717, 1.165) is 19.1 Å². The van der Waals surface area contributed by atoms with Crippen LogP contribution in [0.15, 0.2) is 18.2 Å². The maximum absolute atomic E-state index is 12.9. The van der Waals surface area contributed by atoms with Gasteiger partial charge in [0, 0.05) is 25.8 Å². The molecule has 1 aliphatic heterocycles. The van der Waals surface area contributed by atoms with Crippen LogP contribution >= 0.6 is 0 Å². The lowest BCUT2D eigenvalue weighted by atomic mass is 9.71. The van der Waals surface area contributed by atoms with Crippen LogP contribution < -0.4 is 11.1 Å². The molecular formula is C24H34F6N2O3. The Kier molecular flexibility index (Phi) is 9.27. The van der Waals surface area contributed by atoms with E-state index >= 15 is 0 Å². The first-order chi connectivity index (χ1) is 16.0. The monoisotopic (exact) mass is 512 g/mol. The fourth-order valence-corrected chi connectivity index (χ4v) is 4.41. The number of nitrogens with two attached hydrogens (primary N) is 1. The van der Waals surface area contributed by atoms with Gasteiger partial charge in [0.2, 0.25) is 5.91 Å². The summed E-state index contributed by atoms with van der Waals surface area (Å²) in [4.78, 5) is 12.7. The lowest BCUT2D eigenvalue weighted by Crippen LogP contribution is -2.53. The van der Waals surface area contributed by atoms with Crippen molar-refractivity contribution in [3.05, 3.63) is 34.9 Å². The van der Waals surface area contributed by atoms with Crippen LogP contribution in [-0.4, -0.2) is 35.9 Å². The molecule has 2 aliphatic rings. The summed E-state index contributed by atoms with van der Waals surface area (Å²) >= 11 is 0. The highest BCUT2D eigenvalue weighted by Gasteiger charge is 2.53. The molecule has 35 heavy (non-hydrogen) atoms. The zero-order valence-electron chi connectivity index (χ0n) is 20.2. The van der Waals surface area contributed by atoms with E-state index in [-0.39, 0.29) is 30.5 Å². The standard InChI is InChI=1S/C18H22F6N2O2.C6H12O/c1-15(2,28)16(4-3-13(25)8-16)14(27)26-9-10-5-11(17(19,20)21)7-12(6-10)18(22,23)24;1-6-2-4-7-5-3-6/h5-7,13,28H,3-4,8-9,25H2,1-2H3,(H,26,27);6H,2-5H2,1H3. The second-order valence-electron chi connectivity index (χ2n) is 10.0. The minimum absolute atomic E-state index is 0.0274. The van der Waals surface area contributed by atoms with E-state index in [1.807, 2.05) is 0 Å². The van der Waals surface area contributed by atoms with Crippen molar-refractivity contribution in [1.29, 1.82) is 0 Å². The van der Waals surface area contributed by atoms with Gasteiger partial charge in [0.05, 0.1) is 22.1 Å². The molecule has 3 rings (SSSR count). The third kappa shape index (κ3) is 7.82. The molecule has 1 aliphatic carbocycles. The van der Waals surface area contributed by atoms with Crippen molar-refractivity contribution >= 4 is 5.91 Å². The maximum atomic E-state index is 12.9. The lowest BCUT2D eigenvalue weighted by Gasteiger charge is -2.39. The summed E-state index contributed by atoms with van der Waals surface area (Å²) in [7, 11) is 0. The molecule has 1 aromatic rings. The Bertz CT molecular complexity index is 828. The maximum Gasteiger partial charge on any atom is 0.416 e. The topological polar surface area (TPSA) is 84.6 Å². The fraction of sp³-hybridized carbons (Fsp3) is 0.708. The lowest BCUT2D eigenvalue weighted by molar-refractivity contribution is -0.146. The van der Waals surface area contributed by atoms with E-state index < -0.39 is 46.9 Å². The molecule has 1 aromatic carbocycles. The summed E-state index contributed by atoms with van der Waals surface area (Å²) in [5.41, 5.74) is -0.127. The third-order valence-corrected chi connectivity index (χ3v) is 6.77. The minimum atomic E-state index is -4.97. The first-order valence-electron chi connectivity index (χ1n) is 11.6. The Morgan fingerprint density at radius 1 is 1.06 bits per heavy atom. The highest BCUT2D eigenvalue weighted by atomic mass is 19.4. The molecule has 1 saturated heterocycles. The smallest absolute Gasteiger partial charge is 0.389 e. The molecule has 2 fully saturated rings. The Hall–Kier alpha value is -1.85. The van der Waals surface area contributed by atoms with Crippen LogP contribution in [0.2, 0.25) is 0 Å². The van der Waals surface area contributed by atoms with Crippen molar-refractivity contribution in [2.24, 2.45) is 17.1 Å². The molecular weight excluding hydrogens is 478 g/mol. The predicted molar refractivity (Wildman–Crippen MR) is 118 cm³/mol. The van der Waals surface area contributed by atoms with Crippen LogP contribution in [0.1, 0.15) is 69.6 Å². The molecule has 11 heteroatoms. The van der Waals surface area contributed by atoms with E-state index in [1.54, 1.807) is 0 Å². The number of rotatable bonds is 4. The van der Waals surface area contributed by atoms with Crippen molar-refractivity contribution in [1.82, 2.24) is 5.32 Å². The predicted octanol–water partition coefficient (Wildman–Crippen LogP) is 5.04. The number of amides is 1. The Morgan fingerprint density at radius 3 is 1.91 bits per heavy atom. The summed E-state index contributed by atoms with van der Waals surface area (Å²) in [5, 5.41) is 12.8. The Balaban J connectivity index is 0.000000527. The average molecular weight is 513 g/mol. The largest absolute Gasteiger partial charge is 0.416 e. The molecule has 200 valence electrons. The van der Waals surface area contributed by atoms with Crippen LogP contribution in [0.5, 0.6) is 0 Å². The van der Waals surface area contributed by atoms with Crippen molar-refractivity contribution in [2.75, 3.05) is 13.2 Å². The second kappa shape index (κ2) is 11.0. The molecule has 0 radical (unpaired) electrons. The molecule has 5 nitrogen and oxygen atoms in total. The molecule has 4 N–H and O–H groups in total. The van der Waals surface area contributed by atoms with Crippen LogP contribution in [0.25, 0.3) is 0 Å². The number of alkyl halides is 6. The quantitative estimate of drug-likeness (QED) is 0.494. The number of ether oxygens (including phenoxy) is 1. The van der Waals surface area contributed by atoms with Crippen molar-refractivity contribution < 1.29 is 41.0 Å². The molecule has 2 unspecified atom stereocenters. The summed E-state index contributed by atoms with van der Waals surface area (Å²) < 4.78 is 82.8. The van der Waals surface area contributed by atoms with Gasteiger partial charge in [0.1, 0.15) is 0 Å². The van der Waals surface area contributed by atoms with Gasteiger partial charge in [-0.3, -0.25) is 4.79 Å². The Labute approximate surface area is 201 Å². The van der Waals surface area contributed by atoms with Crippen molar-refractivity contribution in [3.8, 4) is 0 Å². The fourth-order valence-electron chi connectivity index (χ4n) is 4.41. The van der Waals surface area contributed by atoms with Gasteiger partial charge in [-0.05, 0) is 75.6 Å². The SMILES string of the molecule is CC(C)(O)C1(C(=O)NCc2cc(C(F)(F)F)cc(C(F)(F)F)c2)CCC(N)C1.CC1CCOCC1. The van der Waals surface area contributed by atoms with E-state index in [0.29, 0.717) is 18.6 Å². The normalized spacial score (nSPS) is 24.0. The third-order valence-electron chi connectivity index (χ3n) is 6.77. The summed E-state index contributed by atoms with van der Waals surface area (Å²) in [6, 6.07) is 0.821. The van der Waals surface area contributed by atoms with Gasteiger partial charge < -0.3 is 20.9 Å². The molecule has 0 spiro atoms. The number of hydrogen-bond donors (Lipinski definition) is 3. The van der Waals surface area contributed by atoms with E-state index in [2.05, 4.69) is 12.2 Å². The average Bonchev–Trinajstić information content (AvgIpc) is 3.15. The number of nitrogens with one attached hydrogen (secondary N) is 1. The molecule has 1 amide bonds. The molecule has 2 atom stereocenters. The zero-order valence-corrected chi connectivity index (χ0v) is 20.2. The number of hydrogen-bond acceptors (Lipinski definition) is 4. The molecule has 0 aromatic heterocycles. The van der Waals surface area contributed by atoms with Gasteiger partial charge >= 0.3 is 12.4 Å². The molecule has 0 bridgehead atoms. The van der Waals surface area contributed by atoms with E-state index in [1.165, 1.54) is 26.7 Å². The number of carbonyl (C=O) groups excluding carboxylic acids is 1. The Morgan fingerprint density at radius 2 is 1.57 bits per heavy atom. The summed E-state index contributed by atoms with van der Waals surface area (Å²) in [5.74, 6) is 0.257. The van der Waals surface area contributed by atoms with Gasteiger partial charge in [-0.2, -0.15) is 26.3 Å². The van der Waals surface area contributed by atoms with Gasteiger partial charge in [-0.15, -0.1) is 0 Å². The molecule has 1 saturated carbocycles. The number of carbonyl (C=O) groups is 1. The molecule has 1 heterocycles. The highest BCUT2D eigenvalue weighted by Crippen LogP contribution is 2.46. The van der Waals surface area contributed by atoms with Crippen LogP contribution in [-0.2, 0) is 28.4 Å². The van der Waals surface area contributed by atoms with Crippen molar-refractivity contribution in [2.45, 2.75) is 83.4 Å². The van der Waals surface area contributed by atoms with E-state index in [4.69, 9.17) is 10.5 Å². The summed E-state index contributed by atoms with van der Waals surface area (Å²) in [6.07, 6.45) is -6.50. The summed E-state index contributed by atoms with van der Waals surface area (Å²) in [6.45, 7) is 6.57. The van der Waals surface area contributed by atoms with Gasteiger partial charge in [-0.25, -0.2) is 0 Å². The minimum Gasteiger partial charge on any atom is -0.389 e. The highest BCUT2D eigenvalue weighted by molar-refractivity contribution is 5.84. The number of benzene rings is 1. The van der Waals surface area contributed by atoms with Crippen LogP contribution in [0, 0.1) is 11.3 Å². The first-order valence-corrected chi connectivity index (χ1v) is 11.6.